The van der Waals surface area contributed by atoms with E-state index in [2.05, 4.69) is 11.9 Å². The molecular formula is C8H15NO. The fraction of sp³-hybridized carbons (Fsp3) is 0.625. The molecule has 0 spiro atoms. The van der Waals surface area contributed by atoms with Gasteiger partial charge in [0.15, 0.2) is 0 Å². The predicted molar refractivity (Wildman–Crippen MR) is 42.7 cm³/mol. The van der Waals surface area contributed by atoms with Gasteiger partial charge in [-0.2, -0.15) is 0 Å². The molecular weight excluding hydrogens is 126 g/mol. The quantitative estimate of drug-likeness (QED) is 0.590. The lowest BCUT2D eigenvalue weighted by Gasteiger charge is -2.00. The van der Waals surface area contributed by atoms with Gasteiger partial charge < -0.3 is 5.32 Å². The van der Waals surface area contributed by atoms with Gasteiger partial charge in [0, 0.05) is 13.0 Å². The first-order valence-electron chi connectivity index (χ1n) is 3.58. The lowest BCUT2D eigenvalue weighted by Crippen LogP contribution is -2.22. The van der Waals surface area contributed by atoms with Crippen LogP contribution in [0.3, 0.4) is 0 Å². The Balaban J connectivity index is 3.30. The van der Waals surface area contributed by atoms with E-state index in [0.29, 0.717) is 6.42 Å². The minimum absolute atomic E-state index is 0.116. The molecule has 0 aliphatic rings. The molecule has 58 valence electrons. The summed E-state index contributed by atoms with van der Waals surface area (Å²) >= 11 is 0. The summed E-state index contributed by atoms with van der Waals surface area (Å²) in [5.41, 5.74) is 1.06. The lowest BCUT2D eigenvalue weighted by molar-refractivity contribution is -0.120. The summed E-state index contributed by atoms with van der Waals surface area (Å²) in [6, 6.07) is 0. The summed E-state index contributed by atoms with van der Waals surface area (Å²) < 4.78 is 0. The molecule has 2 nitrogen and oxygen atoms in total. The van der Waals surface area contributed by atoms with Crippen LogP contribution in [0.25, 0.3) is 0 Å². The highest BCUT2D eigenvalue weighted by Gasteiger charge is 1.97. The van der Waals surface area contributed by atoms with Gasteiger partial charge in [0.1, 0.15) is 0 Å². The molecule has 0 aromatic heterocycles. The van der Waals surface area contributed by atoms with E-state index in [-0.39, 0.29) is 5.91 Å². The second kappa shape index (κ2) is 5.03. The molecule has 0 saturated carbocycles. The molecule has 10 heavy (non-hydrogen) atoms. The third kappa shape index (κ3) is 5.35. The van der Waals surface area contributed by atoms with Crippen molar-refractivity contribution in [3.05, 3.63) is 12.2 Å². The normalized spacial score (nSPS) is 9.00. The summed E-state index contributed by atoms with van der Waals surface area (Å²) in [5.74, 6) is 0.116. The Labute approximate surface area is 62.3 Å². The van der Waals surface area contributed by atoms with E-state index in [9.17, 15) is 4.79 Å². The first-order chi connectivity index (χ1) is 4.66. The standard InChI is InChI=1S/C8H15NO/c1-4-9-8(10)6-5-7(2)3/h2,4-6H2,1,3H3,(H,9,10). The van der Waals surface area contributed by atoms with Gasteiger partial charge >= 0.3 is 0 Å². The van der Waals surface area contributed by atoms with Crippen molar-refractivity contribution >= 4 is 5.91 Å². The maximum Gasteiger partial charge on any atom is 0.220 e. The average Bonchev–Trinajstić information content (AvgIpc) is 1.85. The molecule has 0 bridgehead atoms. The molecule has 0 atom stereocenters. The van der Waals surface area contributed by atoms with Crippen molar-refractivity contribution in [3.63, 3.8) is 0 Å². The van der Waals surface area contributed by atoms with E-state index < -0.39 is 0 Å². The minimum Gasteiger partial charge on any atom is -0.356 e. The number of nitrogens with one attached hydrogen (secondary N) is 1. The van der Waals surface area contributed by atoms with Crippen molar-refractivity contribution < 1.29 is 4.79 Å². The second-order valence-electron chi connectivity index (χ2n) is 2.41. The first-order valence-corrected chi connectivity index (χ1v) is 3.58. The van der Waals surface area contributed by atoms with Crippen molar-refractivity contribution in [2.75, 3.05) is 6.54 Å². The molecule has 0 rings (SSSR count). The SMILES string of the molecule is C=C(C)CCC(=O)NCC. The van der Waals surface area contributed by atoms with E-state index in [1.807, 2.05) is 13.8 Å². The number of rotatable bonds is 4. The van der Waals surface area contributed by atoms with Crippen molar-refractivity contribution in [1.29, 1.82) is 0 Å². The van der Waals surface area contributed by atoms with Gasteiger partial charge in [0.25, 0.3) is 0 Å². The van der Waals surface area contributed by atoms with E-state index in [4.69, 9.17) is 0 Å². The van der Waals surface area contributed by atoms with Crippen LogP contribution in [-0.4, -0.2) is 12.5 Å². The molecule has 0 unspecified atom stereocenters. The summed E-state index contributed by atoms with van der Waals surface area (Å²) in [4.78, 5) is 10.8. The maximum atomic E-state index is 10.8. The fourth-order valence-electron chi connectivity index (χ4n) is 0.612. The van der Waals surface area contributed by atoms with Crippen LogP contribution in [0.2, 0.25) is 0 Å². The highest BCUT2D eigenvalue weighted by atomic mass is 16.1. The zero-order valence-electron chi connectivity index (χ0n) is 6.74. The van der Waals surface area contributed by atoms with Gasteiger partial charge in [-0.05, 0) is 20.3 Å². The first kappa shape index (κ1) is 9.21. The van der Waals surface area contributed by atoms with Crippen LogP contribution in [0.5, 0.6) is 0 Å². The van der Waals surface area contributed by atoms with Crippen LogP contribution in [0.4, 0.5) is 0 Å². The summed E-state index contributed by atoms with van der Waals surface area (Å²) in [5, 5.41) is 2.72. The molecule has 2 heteroatoms. The minimum atomic E-state index is 0.116. The molecule has 1 amide bonds. The molecule has 1 N–H and O–H groups in total. The van der Waals surface area contributed by atoms with Crippen LogP contribution < -0.4 is 5.32 Å². The van der Waals surface area contributed by atoms with Gasteiger partial charge in [-0.3, -0.25) is 4.79 Å². The fourth-order valence-corrected chi connectivity index (χ4v) is 0.612. The van der Waals surface area contributed by atoms with Gasteiger partial charge in [0.05, 0.1) is 0 Å². The number of allylic oxidation sites excluding steroid dienone is 1. The Kier molecular flexibility index (Phi) is 4.63. The van der Waals surface area contributed by atoms with Gasteiger partial charge in [-0.25, -0.2) is 0 Å². The number of amides is 1. The molecule has 0 heterocycles. The van der Waals surface area contributed by atoms with Crippen LogP contribution in [0, 0.1) is 0 Å². The molecule has 0 radical (unpaired) electrons. The van der Waals surface area contributed by atoms with Gasteiger partial charge in [-0.15, -0.1) is 6.58 Å². The van der Waals surface area contributed by atoms with E-state index in [1.54, 1.807) is 0 Å². The van der Waals surface area contributed by atoms with Crippen molar-refractivity contribution in [1.82, 2.24) is 5.32 Å². The van der Waals surface area contributed by atoms with Gasteiger partial charge in [-0.1, -0.05) is 5.57 Å². The number of carbonyl (C=O) groups is 1. The van der Waals surface area contributed by atoms with Crippen LogP contribution in [0.1, 0.15) is 26.7 Å². The Morgan fingerprint density at radius 3 is 2.50 bits per heavy atom. The Bertz CT molecular complexity index is 129. The largest absolute Gasteiger partial charge is 0.356 e. The van der Waals surface area contributed by atoms with Crippen LogP contribution in [-0.2, 0) is 4.79 Å². The smallest absolute Gasteiger partial charge is 0.220 e. The third-order valence-corrected chi connectivity index (χ3v) is 1.15. The summed E-state index contributed by atoms with van der Waals surface area (Å²) in [6.45, 7) is 8.27. The van der Waals surface area contributed by atoms with E-state index >= 15 is 0 Å². The monoisotopic (exact) mass is 141 g/mol. The maximum absolute atomic E-state index is 10.8. The van der Waals surface area contributed by atoms with Crippen molar-refractivity contribution in [3.8, 4) is 0 Å². The summed E-state index contributed by atoms with van der Waals surface area (Å²) in [6.07, 6.45) is 1.37. The van der Waals surface area contributed by atoms with Crippen molar-refractivity contribution in [2.24, 2.45) is 0 Å². The molecule has 0 saturated heterocycles. The average molecular weight is 141 g/mol. The van der Waals surface area contributed by atoms with Crippen LogP contribution >= 0.6 is 0 Å². The van der Waals surface area contributed by atoms with E-state index in [1.165, 1.54) is 0 Å². The number of hydrogen-bond acceptors (Lipinski definition) is 1. The highest BCUT2D eigenvalue weighted by molar-refractivity contribution is 5.75. The summed E-state index contributed by atoms with van der Waals surface area (Å²) in [7, 11) is 0. The van der Waals surface area contributed by atoms with Crippen molar-refractivity contribution in [2.45, 2.75) is 26.7 Å². The van der Waals surface area contributed by atoms with Crippen LogP contribution in [0.15, 0.2) is 12.2 Å². The number of carbonyl (C=O) groups excluding carboxylic acids is 1. The predicted octanol–water partition coefficient (Wildman–Crippen LogP) is 1.48. The molecule has 0 aromatic carbocycles. The number of hydrogen-bond donors (Lipinski definition) is 1. The zero-order chi connectivity index (χ0) is 7.98. The lowest BCUT2D eigenvalue weighted by atomic mass is 10.2. The Morgan fingerprint density at radius 2 is 2.10 bits per heavy atom. The molecule has 0 fully saturated rings. The van der Waals surface area contributed by atoms with E-state index in [0.717, 1.165) is 18.5 Å². The molecule has 0 aromatic rings. The Morgan fingerprint density at radius 1 is 1.50 bits per heavy atom. The highest BCUT2D eigenvalue weighted by Crippen LogP contribution is 1.98. The third-order valence-electron chi connectivity index (χ3n) is 1.15. The second-order valence-corrected chi connectivity index (χ2v) is 2.41. The molecule has 0 aliphatic carbocycles. The molecule has 0 aliphatic heterocycles. The zero-order valence-corrected chi connectivity index (χ0v) is 6.74. The topological polar surface area (TPSA) is 29.1 Å². The Hall–Kier alpha value is -0.790. The van der Waals surface area contributed by atoms with Gasteiger partial charge in [0.2, 0.25) is 5.91 Å².